The van der Waals surface area contributed by atoms with Gasteiger partial charge in [-0.25, -0.2) is 18.0 Å². The molecule has 190 valence electrons. The molecule has 3 N–H and O–H groups in total. The van der Waals surface area contributed by atoms with Gasteiger partial charge < -0.3 is 25.2 Å². The van der Waals surface area contributed by atoms with Gasteiger partial charge in [-0.1, -0.05) is 6.07 Å². The fraction of sp³-hybridized carbons (Fsp3) is 0.292. The van der Waals surface area contributed by atoms with Crippen LogP contribution in [0.5, 0.6) is 5.75 Å². The number of amides is 2. The van der Waals surface area contributed by atoms with Crippen molar-refractivity contribution in [3.63, 3.8) is 0 Å². The molecule has 0 saturated heterocycles. The van der Waals surface area contributed by atoms with Crippen LogP contribution >= 0.6 is 0 Å². The summed E-state index contributed by atoms with van der Waals surface area (Å²) in [5.74, 6) is -3.86. The number of aliphatic hydroxyl groups is 1. The molecule has 0 aliphatic carbocycles. The Morgan fingerprint density at radius 2 is 1.97 bits per heavy atom. The summed E-state index contributed by atoms with van der Waals surface area (Å²) in [6.07, 6.45) is -1.09. The second-order valence-corrected chi connectivity index (χ2v) is 8.10. The molecule has 1 aromatic heterocycles. The van der Waals surface area contributed by atoms with Gasteiger partial charge in [0, 0.05) is 17.7 Å². The topological polar surface area (TPSA) is 115 Å². The van der Waals surface area contributed by atoms with E-state index in [-0.39, 0.29) is 25.7 Å². The highest BCUT2D eigenvalue weighted by molar-refractivity contribution is 5.97. The van der Waals surface area contributed by atoms with Crippen molar-refractivity contribution in [1.82, 2.24) is 15.1 Å². The van der Waals surface area contributed by atoms with Crippen LogP contribution in [0.3, 0.4) is 0 Å². The number of anilines is 1. The maximum atomic E-state index is 14.8. The highest BCUT2D eigenvalue weighted by atomic mass is 19.3. The summed E-state index contributed by atoms with van der Waals surface area (Å²) in [6.45, 7) is -1.11. The molecule has 36 heavy (non-hydrogen) atoms. The van der Waals surface area contributed by atoms with Crippen molar-refractivity contribution in [2.75, 3.05) is 31.7 Å². The molecule has 2 aromatic carbocycles. The number of rotatable bonds is 8. The van der Waals surface area contributed by atoms with Crippen LogP contribution in [0.1, 0.15) is 5.69 Å². The van der Waals surface area contributed by atoms with Crippen LogP contribution in [0.15, 0.2) is 42.5 Å². The Hall–Kier alpha value is -4.06. The maximum absolute atomic E-state index is 14.8. The third-order valence-electron chi connectivity index (χ3n) is 5.32. The number of aryl methyl sites for hydroxylation is 1. The summed E-state index contributed by atoms with van der Waals surface area (Å²) in [4.78, 5) is 23.3. The van der Waals surface area contributed by atoms with Crippen LogP contribution < -0.4 is 15.4 Å². The third-order valence-corrected chi connectivity index (χ3v) is 5.32. The smallest absolute Gasteiger partial charge is 0.407 e. The number of ether oxygens (including phenoxy) is 2. The molecule has 9 nitrogen and oxygen atoms in total. The SMILES string of the molecule is Cc1nn(CC(F)(F)COC(=O)NCCO)c(-c2ccc(F)cc2)c1-c1ccc2c(c1)NC(=O)CO2. The summed E-state index contributed by atoms with van der Waals surface area (Å²) in [5, 5.41) is 17.9. The number of hydrogen-bond acceptors (Lipinski definition) is 6. The van der Waals surface area contributed by atoms with Crippen molar-refractivity contribution in [1.29, 1.82) is 0 Å². The summed E-state index contributed by atoms with van der Waals surface area (Å²) in [5.41, 5.74) is 2.64. The van der Waals surface area contributed by atoms with Crippen LogP contribution in [-0.2, 0) is 16.1 Å². The molecule has 0 spiro atoms. The Balaban J connectivity index is 1.71. The van der Waals surface area contributed by atoms with E-state index in [1.165, 1.54) is 24.3 Å². The summed E-state index contributed by atoms with van der Waals surface area (Å²) >= 11 is 0. The van der Waals surface area contributed by atoms with Crippen molar-refractivity contribution in [2.24, 2.45) is 0 Å². The Morgan fingerprint density at radius 1 is 1.25 bits per heavy atom. The van der Waals surface area contributed by atoms with Crippen molar-refractivity contribution < 1.29 is 37.3 Å². The van der Waals surface area contributed by atoms with E-state index < -0.39 is 31.0 Å². The fourth-order valence-electron chi connectivity index (χ4n) is 3.83. The number of aromatic nitrogens is 2. The van der Waals surface area contributed by atoms with Crippen molar-refractivity contribution in [3.05, 3.63) is 54.0 Å². The maximum Gasteiger partial charge on any atom is 0.407 e. The molecule has 1 aliphatic heterocycles. The second-order valence-electron chi connectivity index (χ2n) is 8.10. The van der Waals surface area contributed by atoms with Gasteiger partial charge in [0.1, 0.15) is 18.1 Å². The molecule has 2 amide bonds. The standard InChI is InChI=1S/C24H23F3N4O5/c1-14-21(16-4-7-19-18(10-16)29-20(33)11-35-19)22(15-2-5-17(25)6-3-15)31(30-14)12-24(26,27)13-36-23(34)28-8-9-32/h2-7,10,32H,8-9,11-13H2,1H3,(H,28,34)(H,29,33). The highest BCUT2D eigenvalue weighted by Crippen LogP contribution is 2.39. The number of benzene rings is 2. The van der Waals surface area contributed by atoms with E-state index in [1.54, 1.807) is 25.1 Å². The van der Waals surface area contributed by atoms with E-state index >= 15 is 0 Å². The van der Waals surface area contributed by atoms with Gasteiger partial charge in [0.05, 0.1) is 23.7 Å². The van der Waals surface area contributed by atoms with Crippen LogP contribution in [0.4, 0.5) is 23.7 Å². The minimum absolute atomic E-state index is 0.112. The first kappa shape index (κ1) is 25.0. The number of fused-ring (bicyclic) bond motifs is 1. The molecule has 0 radical (unpaired) electrons. The van der Waals surface area contributed by atoms with Crippen LogP contribution in [0.25, 0.3) is 22.4 Å². The quantitative estimate of drug-likeness (QED) is 0.434. The lowest BCUT2D eigenvalue weighted by Gasteiger charge is -2.20. The normalized spacial score (nSPS) is 13.0. The lowest BCUT2D eigenvalue weighted by atomic mass is 9.98. The Labute approximate surface area is 203 Å². The number of carbonyl (C=O) groups is 2. The zero-order chi connectivity index (χ0) is 25.9. The number of alkyl halides is 2. The van der Waals surface area contributed by atoms with Crippen LogP contribution in [0, 0.1) is 12.7 Å². The van der Waals surface area contributed by atoms with Gasteiger partial charge in [-0.2, -0.15) is 5.10 Å². The van der Waals surface area contributed by atoms with E-state index in [1.807, 2.05) is 0 Å². The largest absolute Gasteiger partial charge is 0.482 e. The molecule has 12 heteroatoms. The Kier molecular flexibility index (Phi) is 7.15. The monoisotopic (exact) mass is 504 g/mol. The lowest BCUT2D eigenvalue weighted by Crippen LogP contribution is -2.35. The number of halogens is 3. The van der Waals surface area contributed by atoms with Gasteiger partial charge in [0.15, 0.2) is 13.2 Å². The fourth-order valence-corrected chi connectivity index (χ4v) is 3.83. The van der Waals surface area contributed by atoms with Crippen LogP contribution in [0.2, 0.25) is 0 Å². The number of alkyl carbamates (subject to hydrolysis) is 1. The second kappa shape index (κ2) is 10.3. The molecule has 0 atom stereocenters. The lowest BCUT2D eigenvalue weighted by molar-refractivity contribution is -0.118. The molecule has 0 unspecified atom stereocenters. The van der Waals surface area contributed by atoms with E-state index in [9.17, 15) is 22.8 Å². The first-order valence-electron chi connectivity index (χ1n) is 11.0. The van der Waals surface area contributed by atoms with Gasteiger partial charge in [0.25, 0.3) is 5.91 Å². The first-order chi connectivity index (χ1) is 17.2. The molecular formula is C24H23F3N4O5. The first-order valence-corrected chi connectivity index (χ1v) is 11.0. The van der Waals surface area contributed by atoms with Gasteiger partial charge in [-0.3, -0.25) is 9.48 Å². The molecule has 0 bridgehead atoms. The zero-order valence-electron chi connectivity index (χ0n) is 19.2. The van der Waals surface area contributed by atoms with Gasteiger partial charge in [-0.15, -0.1) is 0 Å². The highest BCUT2D eigenvalue weighted by Gasteiger charge is 2.34. The summed E-state index contributed by atoms with van der Waals surface area (Å²) in [6, 6.07) is 10.3. The minimum atomic E-state index is -3.50. The predicted octanol–water partition coefficient (Wildman–Crippen LogP) is 3.35. The Morgan fingerprint density at radius 3 is 2.69 bits per heavy atom. The molecule has 2 heterocycles. The van der Waals surface area contributed by atoms with Crippen molar-refractivity contribution in [3.8, 4) is 28.1 Å². The van der Waals surface area contributed by atoms with Gasteiger partial charge >= 0.3 is 12.0 Å². The predicted molar refractivity (Wildman–Crippen MR) is 123 cm³/mol. The molecule has 0 saturated carbocycles. The summed E-state index contributed by atoms with van der Waals surface area (Å²) < 4.78 is 54.3. The Bertz CT molecular complexity index is 1280. The number of nitrogens with one attached hydrogen (secondary N) is 2. The van der Waals surface area contributed by atoms with Gasteiger partial charge in [-0.05, 0) is 48.9 Å². The molecular weight excluding hydrogens is 481 g/mol. The van der Waals surface area contributed by atoms with E-state index in [0.717, 1.165) is 4.68 Å². The zero-order valence-corrected chi connectivity index (χ0v) is 19.2. The number of carbonyl (C=O) groups excluding carboxylic acids is 2. The number of hydrogen-bond donors (Lipinski definition) is 3. The molecule has 1 aliphatic rings. The molecule has 4 rings (SSSR count). The minimum Gasteiger partial charge on any atom is -0.482 e. The number of aliphatic hydroxyl groups excluding tert-OH is 1. The third kappa shape index (κ3) is 5.60. The van der Waals surface area contributed by atoms with E-state index in [4.69, 9.17) is 9.84 Å². The average molecular weight is 504 g/mol. The average Bonchev–Trinajstić information content (AvgIpc) is 3.16. The van der Waals surface area contributed by atoms with Gasteiger partial charge in [0.2, 0.25) is 0 Å². The van der Waals surface area contributed by atoms with Crippen LogP contribution in [-0.4, -0.2) is 59.2 Å². The molecule has 3 aromatic rings. The van der Waals surface area contributed by atoms with E-state index in [2.05, 4.69) is 20.5 Å². The molecule has 0 fully saturated rings. The van der Waals surface area contributed by atoms with E-state index in [0.29, 0.717) is 39.5 Å². The number of nitrogens with zero attached hydrogens (tertiary/aromatic N) is 2. The summed E-state index contributed by atoms with van der Waals surface area (Å²) in [7, 11) is 0. The van der Waals surface area contributed by atoms with Crippen molar-refractivity contribution in [2.45, 2.75) is 19.4 Å². The van der Waals surface area contributed by atoms with Crippen molar-refractivity contribution >= 4 is 17.7 Å².